The normalized spacial score (nSPS) is 16.5. The Bertz CT molecular complexity index is 782. The quantitative estimate of drug-likeness (QED) is 0.877. The molecule has 1 heterocycles. The van der Waals surface area contributed by atoms with Crippen LogP contribution in [0.2, 0.25) is 0 Å². The number of hydrogen-bond acceptors (Lipinski definition) is 3. The molecule has 0 bridgehead atoms. The summed E-state index contributed by atoms with van der Waals surface area (Å²) in [5, 5.41) is 3.29. The Hall–Kier alpha value is -2.31. The van der Waals surface area contributed by atoms with Crippen LogP contribution in [0.5, 0.6) is 0 Å². The average Bonchev–Trinajstić information content (AvgIpc) is 2.68. The van der Waals surface area contributed by atoms with Gasteiger partial charge in [0.1, 0.15) is 0 Å². The van der Waals surface area contributed by atoms with Crippen molar-refractivity contribution in [2.45, 2.75) is 26.4 Å². The smallest absolute Gasteiger partial charge is 0.223 e. The summed E-state index contributed by atoms with van der Waals surface area (Å²) in [4.78, 5) is 16.0. The number of halogens is 2. The topological polar surface area (TPSA) is 35.6 Å². The number of carbonyl (C=O) groups excluding carboxylic acids is 1. The van der Waals surface area contributed by atoms with Crippen LogP contribution >= 0.6 is 0 Å². The predicted octanol–water partition coefficient (Wildman–Crippen LogP) is 3.31. The zero-order chi connectivity index (χ0) is 19.2. The molecule has 0 unspecified atom stereocenters. The Morgan fingerprint density at radius 2 is 1.81 bits per heavy atom. The van der Waals surface area contributed by atoms with E-state index in [0.29, 0.717) is 24.3 Å². The van der Waals surface area contributed by atoms with E-state index in [9.17, 15) is 13.6 Å². The van der Waals surface area contributed by atoms with E-state index < -0.39 is 11.6 Å². The van der Waals surface area contributed by atoms with E-state index in [-0.39, 0.29) is 5.91 Å². The summed E-state index contributed by atoms with van der Waals surface area (Å²) < 4.78 is 27.5. The van der Waals surface area contributed by atoms with Crippen molar-refractivity contribution in [3.8, 4) is 0 Å². The molecule has 0 aromatic heterocycles. The molecule has 0 spiro atoms. The lowest BCUT2D eigenvalue weighted by molar-refractivity contribution is -0.116. The van der Waals surface area contributed by atoms with Gasteiger partial charge in [-0.15, -0.1) is 0 Å². The molecule has 1 aliphatic rings. The van der Waals surface area contributed by atoms with E-state index in [1.54, 1.807) is 4.90 Å². The highest BCUT2D eigenvalue weighted by atomic mass is 19.2. The molecule has 1 N–H and O–H groups in total. The van der Waals surface area contributed by atoms with Gasteiger partial charge in [-0.2, -0.15) is 0 Å². The zero-order valence-corrected chi connectivity index (χ0v) is 15.5. The van der Waals surface area contributed by atoms with Crippen LogP contribution in [0.25, 0.3) is 0 Å². The minimum absolute atomic E-state index is 0.170. The van der Waals surface area contributed by atoms with E-state index in [2.05, 4.69) is 22.3 Å². The van der Waals surface area contributed by atoms with Crippen molar-refractivity contribution in [3.63, 3.8) is 0 Å². The first kappa shape index (κ1) is 19.5. The molecule has 3 rings (SSSR count). The van der Waals surface area contributed by atoms with Gasteiger partial charge in [0.15, 0.2) is 11.6 Å². The Morgan fingerprint density at radius 3 is 2.56 bits per heavy atom. The Morgan fingerprint density at radius 1 is 1.07 bits per heavy atom. The lowest BCUT2D eigenvalue weighted by Crippen LogP contribution is -2.34. The van der Waals surface area contributed by atoms with E-state index >= 15 is 0 Å². The Labute approximate surface area is 158 Å². The highest BCUT2D eigenvalue weighted by Gasteiger charge is 2.20. The van der Waals surface area contributed by atoms with Crippen molar-refractivity contribution in [2.75, 3.05) is 31.1 Å². The molecule has 0 saturated heterocycles. The van der Waals surface area contributed by atoms with Crippen molar-refractivity contribution in [1.82, 2.24) is 10.2 Å². The maximum atomic E-state index is 13.8. The molecule has 2 aromatic carbocycles. The first-order valence-corrected chi connectivity index (χ1v) is 9.27. The van der Waals surface area contributed by atoms with Crippen LogP contribution in [0.3, 0.4) is 0 Å². The number of anilines is 1. The number of hydrogen-bond donors (Lipinski definition) is 1. The molecule has 2 aromatic rings. The number of benzene rings is 2. The van der Waals surface area contributed by atoms with Crippen LogP contribution in [0.1, 0.15) is 24.5 Å². The second kappa shape index (κ2) is 9.06. The highest BCUT2D eigenvalue weighted by molar-refractivity contribution is 5.92. The molecular weight excluding hydrogens is 348 g/mol. The standard InChI is InChI=1S/C21H25F2N3O/c1-16(27)26-10-5-9-25(15-17-6-3-2-4-7-17)11-8-24-14-18-12-19(22)20(23)13-21(18)26/h2-4,6-7,12-13,24H,5,8-11,14-15H2,1H3. The summed E-state index contributed by atoms with van der Waals surface area (Å²) in [5.74, 6) is -1.99. The van der Waals surface area contributed by atoms with Gasteiger partial charge in [-0.1, -0.05) is 30.3 Å². The van der Waals surface area contributed by atoms with Gasteiger partial charge in [-0.25, -0.2) is 8.78 Å². The fourth-order valence-electron chi connectivity index (χ4n) is 3.44. The first-order valence-electron chi connectivity index (χ1n) is 9.27. The Balaban J connectivity index is 1.79. The largest absolute Gasteiger partial charge is 0.312 e. The van der Waals surface area contributed by atoms with Crippen LogP contribution < -0.4 is 10.2 Å². The molecule has 0 radical (unpaired) electrons. The summed E-state index contributed by atoms with van der Waals surface area (Å²) in [6.45, 7) is 5.53. The van der Waals surface area contributed by atoms with E-state index in [0.717, 1.165) is 38.7 Å². The molecule has 1 amide bonds. The maximum Gasteiger partial charge on any atom is 0.223 e. The summed E-state index contributed by atoms with van der Waals surface area (Å²) in [6, 6.07) is 12.6. The minimum atomic E-state index is -0.930. The van der Waals surface area contributed by atoms with Gasteiger partial charge >= 0.3 is 0 Å². The highest BCUT2D eigenvalue weighted by Crippen LogP contribution is 2.25. The monoisotopic (exact) mass is 373 g/mol. The summed E-state index contributed by atoms with van der Waals surface area (Å²) >= 11 is 0. The van der Waals surface area contributed by atoms with Gasteiger partial charge in [0.2, 0.25) is 5.91 Å². The number of amides is 1. The van der Waals surface area contributed by atoms with Crippen molar-refractivity contribution in [1.29, 1.82) is 0 Å². The third kappa shape index (κ3) is 5.11. The second-order valence-electron chi connectivity index (χ2n) is 6.86. The lowest BCUT2D eigenvalue weighted by atomic mass is 10.1. The van der Waals surface area contributed by atoms with Crippen molar-refractivity contribution >= 4 is 11.6 Å². The second-order valence-corrected chi connectivity index (χ2v) is 6.86. The van der Waals surface area contributed by atoms with Crippen LogP contribution in [0.4, 0.5) is 14.5 Å². The number of fused-ring (bicyclic) bond motifs is 1. The number of nitrogens with one attached hydrogen (secondary N) is 1. The summed E-state index contributed by atoms with van der Waals surface area (Å²) in [5.41, 5.74) is 2.29. The van der Waals surface area contributed by atoms with E-state index in [1.165, 1.54) is 18.6 Å². The fraction of sp³-hybridized carbons (Fsp3) is 0.381. The van der Waals surface area contributed by atoms with Gasteiger partial charge in [0.25, 0.3) is 0 Å². The van der Waals surface area contributed by atoms with Gasteiger partial charge in [0.05, 0.1) is 5.69 Å². The molecule has 144 valence electrons. The molecule has 0 atom stereocenters. The number of nitrogens with zero attached hydrogens (tertiary/aromatic N) is 2. The van der Waals surface area contributed by atoms with E-state index in [4.69, 9.17) is 0 Å². The van der Waals surface area contributed by atoms with E-state index in [1.807, 2.05) is 18.2 Å². The van der Waals surface area contributed by atoms with Crippen molar-refractivity contribution < 1.29 is 13.6 Å². The van der Waals surface area contributed by atoms with Crippen LogP contribution in [0, 0.1) is 11.6 Å². The SMILES string of the molecule is CC(=O)N1CCCN(Cc2ccccc2)CCNCc2cc(F)c(F)cc21. The number of rotatable bonds is 2. The molecule has 4 nitrogen and oxygen atoms in total. The molecular formula is C21H25F2N3O. The van der Waals surface area contributed by atoms with Gasteiger partial charge in [-0.3, -0.25) is 9.69 Å². The Kier molecular flexibility index (Phi) is 6.53. The summed E-state index contributed by atoms with van der Waals surface area (Å²) in [6.07, 6.45) is 0.755. The lowest BCUT2D eigenvalue weighted by Gasteiger charge is -2.25. The molecule has 0 fully saturated rings. The fourth-order valence-corrected chi connectivity index (χ4v) is 3.44. The number of carbonyl (C=O) groups is 1. The van der Waals surface area contributed by atoms with Gasteiger partial charge < -0.3 is 10.2 Å². The van der Waals surface area contributed by atoms with Crippen molar-refractivity contribution in [2.24, 2.45) is 0 Å². The molecule has 6 heteroatoms. The zero-order valence-electron chi connectivity index (χ0n) is 15.5. The predicted molar refractivity (Wildman–Crippen MR) is 102 cm³/mol. The van der Waals surface area contributed by atoms with Gasteiger partial charge in [-0.05, 0) is 23.6 Å². The molecule has 1 aliphatic heterocycles. The van der Waals surface area contributed by atoms with Gasteiger partial charge in [0, 0.05) is 52.3 Å². The molecule has 0 saturated carbocycles. The van der Waals surface area contributed by atoms with Crippen molar-refractivity contribution in [3.05, 3.63) is 65.2 Å². The third-order valence-corrected chi connectivity index (χ3v) is 4.82. The first-order chi connectivity index (χ1) is 13.0. The summed E-state index contributed by atoms with van der Waals surface area (Å²) in [7, 11) is 0. The third-order valence-electron chi connectivity index (χ3n) is 4.82. The maximum absolute atomic E-state index is 13.8. The average molecular weight is 373 g/mol. The molecule has 0 aliphatic carbocycles. The van der Waals surface area contributed by atoms with Crippen LogP contribution in [-0.4, -0.2) is 37.0 Å². The van der Waals surface area contributed by atoms with Crippen LogP contribution in [0.15, 0.2) is 42.5 Å². The van der Waals surface area contributed by atoms with Crippen LogP contribution in [-0.2, 0) is 17.9 Å². The molecule has 27 heavy (non-hydrogen) atoms. The minimum Gasteiger partial charge on any atom is -0.312 e.